The molecule has 140 valence electrons. The Kier molecular flexibility index (Phi) is 4.70. The van der Waals surface area contributed by atoms with Gasteiger partial charge in [-0.05, 0) is 42.5 Å². The fraction of sp³-hybridized carbons (Fsp3) is 0. The summed E-state index contributed by atoms with van der Waals surface area (Å²) in [6.45, 7) is 0. The van der Waals surface area contributed by atoms with Crippen LogP contribution in [-0.2, 0) is 0 Å². The maximum Gasteiger partial charge on any atom is 0.267 e. The van der Waals surface area contributed by atoms with E-state index in [0.717, 1.165) is 17.4 Å². The Bertz CT molecular complexity index is 1230. The van der Waals surface area contributed by atoms with Crippen molar-refractivity contribution in [2.24, 2.45) is 0 Å². The molecule has 0 atom stereocenters. The van der Waals surface area contributed by atoms with E-state index in [0.29, 0.717) is 21.5 Å². The molecule has 0 saturated carbocycles. The fourth-order valence-corrected chi connectivity index (χ4v) is 3.96. The molecule has 4 aromatic rings. The van der Waals surface area contributed by atoms with Crippen molar-refractivity contribution in [3.8, 4) is 11.3 Å². The average Bonchev–Trinajstić information content (AvgIpc) is 3.00. The Hall–Kier alpha value is -3.03. The van der Waals surface area contributed by atoms with Crippen LogP contribution in [0.25, 0.3) is 21.5 Å². The minimum absolute atomic E-state index is 0.0768. The van der Waals surface area contributed by atoms with Gasteiger partial charge in [-0.3, -0.25) is 4.79 Å². The normalized spacial score (nSPS) is 11.0. The van der Waals surface area contributed by atoms with E-state index < -0.39 is 11.7 Å². The number of nitrogens with one attached hydrogen (secondary N) is 1. The minimum atomic E-state index is -0.505. The largest absolute Gasteiger partial charge is 0.397 e. The Morgan fingerprint density at radius 3 is 2.64 bits per heavy atom. The maximum absolute atomic E-state index is 14.0. The molecule has 4 rings (SSSR count). The van der Waals surface area contributed by atoms with Crippen molar-refractivity contribution in [3.63, 3.8) is 0 Å². The third kappa shape index (κ3) is 3.30. The van der Waals surface area contributed by atoms with Crippen LogP contribution in [0.15, 0.2) is 54.6 Å². The first-order chi connectivity index (χ1) is 13.4. The molecular weight excluding hydrogens is 404 g/mol. The van der Waals surface area contributed by atoms with E-state index in [1.807, 2.05) is 0 Å². The highest BCUT2D eigenvalue weighted by Crippen LogP contribution is 2.35. The number of hydrogen-bond donors (Lipinski definition) is 2. The molecule has 0 radical (unpaired) electrons. The molecule has 0 aliphatic carbocycles. The molecule has 0 saturated heterocycles. The number of rotatable bonds is 3. The molecule has 2 aromatic carbocycles. The van der Waals surface area contributed by atoms with Gasteiger partial charge in [0.05, 0.1) is 22.1 Å². The number of nitrogens with two attached hydrogens (primary N) is 1. The fourth-order valence-electron chi connectivity index (χ4n) is 2.75. The van der Waals surface area contributed by atoms with Gasteiger partial charge < -0.3 is 11.1 Å². The van der Waals surface area contributed by atoms with Crippen LogP contribution < -0.4 is 11.1 Å². The standard InChI is InChI=1S/C20H12ClF2N3OS/c21-13-9-10(22)5-7-16(13)25-19(27)18-17(24)12-6-8-15(26-20(12)28-18)11-3-1-2-4-14(11)23/h1-9H,24H2,(H,25,27). The summed E-state index contributed by atoms with van der Waals surface area (Å²) in [6, 6.07) is 13.3. The van der Waals surface area contributed by atoms with Crippen LogP contribution in [0, 0.1) is 11.6 Å². The van der Waals surface area contributed by atoms with E-state index in [1.165, 1.54) is 18.2 Å². The molecule has 0 bridgehead atoms. The highest BCUT2D eigenvalue weighted by Gasteiger charge is 2.19. The Labute approximate surface area is 167 Å². The number of carbonyl (C=O) groups excluding carboxylic acids is 1. The summed E-state index contributed by atoms with van der Waals surface area (Å²) in [5.41, 5.74) is 7.46. The number of benzene rings is 2. The van der Waals surface area contributed by atoms with Crippen LogP contribution in [0.3, 0.4) is 0 Å². The van der Waals surface area contributed by atoms with E-state index in [1.54, 1.807) is 30.3 Å². The first-order valence-electron chi connectivity index (χ1n) is 8.14. The molecule has 28 heavy (non-hydrogen) atoms. The number of carbonyl (C=O) groups is 1. The summed E-state index contributed by atoms with van der Waals surface area (Å²) >= 11 is 7.04. The summed E-state index contributed by atoms with van der Waals surface area (Å²) in [5.74, 6) is -1.38. The zero-order chi connectivity index (χ0) is 19.8. The quantitative estimate of drug-likeness (QED) is 0.449. The molecule has 0 aliphatic heterocycles. The predicted octanol–water partition coefficient (Wildman–Crippen LogP) is 5.73. The molecule has 0 spiro atoms. The van der Waals surface area contributed by atoms with Gasteiger partial charge in [0.25, 0.3) is 5.91 Å². The lowest BCUT2D eigenvalue weighted by Crippen LogP contribution is -2.12. The number of aromatic nitrogens is 1. The monoisotopic (exact) mass is 415 g/mol. The van der Waals surface area contributed by atoms with E-state index >= 15 is 0 Å². The van der Waals surface area contributed by atoms with Gasteiger partial charge in [0, 0.05) is 10.9 Å². The summed E-state index contributed by atoms with van der Waals surface area (Å²) in [6.07, 6.45) is 0. The van der Waals surface area contributed by atoms with Crippen LogP contribution in [0.1, 0.15) is 9.67 Å². The lowest BCUT2D eigenvalue weighted by atomic mass is 10.1. The maximum atomic E-state index is 14.0. The summed E-state index contributed by atoms with van der Waals surface area (Å²) in [4.78, 5) is 17.8. The number of pyridine rings is 1. The molecule has 2 heterocycles. The van der Waals surface area contributed by atoms with Gasteiger partial charge >= 0.3 is 0 Å². The number of hydrogen-bond acceptors (Lipinski definition) is 4. The van der Waals surface area contributed by atoms with Gasteiger partial charge in [0.15, 0.2) is 0 Å². The number of amides is 1. The average molecular weight is 416 g/mol. The molecular formula is C20H12ClF2N3OS. The number of thiophene rings is 1. The Morgan fingerprint density at radius 2 is 1.89 bits per heavy atom. The van der Waals surface area contributed by atoms with Crippen LogP contribution >= 0.6 is 22.9 Å². The molecule has 3 N–H and O–H groups in total. The number of halogens is 3. The highest BCUT2D eigenvalue weighted by molar-refractivity contribution is 7.21. The summed E-state index contributed by atoms with van der Waals surface area (Å²) in [5, 5.41) is 3.29. The van der Waals surface area contributed by atoms with Gasteiger partial charge in [0.1, 0.15) is 21.3 Å². The van der Waals surface area contributed by atoms with Gasteiger partial charge in [-0.2, -0.15) is 0 Å². The Balaban J connectivity index is 1.71. The van der Waals surface area contributed by atoms with Crippen molar-refractivity contribution in [2.45, 2.75) is 0 Å². The van der Waals surface area contributed by atoms with Crippen molar-refractivity contribution in [1.82, 2.24) is 4.98 Å². The number of nitrogens with zero attached hydrogens (tertiary/aromatic N) is 1. The third-order valence-corrected chi connectivity index (χ3v) is 5.56. The molecule has 0 unspecified atom stereocenters. The smallest absolute Gasteiger partial charge is 0.267 e. The van der Waals surface area contributed by atoms with E-state index in [2.05, 4.69) is 10.3 Å². The van der Waals surface area contributed by atoms with E-state index in [9.17, 15) is 13.6 Å². The third-order valence-electron chi connectivity index (χ3n) is 4.13. The van der Waals surface area contributed by atoms with Crippen molar-refractivity contribution in [2.75, 3.05) is 11.1 Å². The molecule has 8 heteroatoms. The number of anilines is 2. The zero-order valence-corrected chi connectivity index (χ0v) is 15.7. The van der Waals surface area contributed by atoms with Crippen molar-refractivity contribution >= 4 is 50.4 Å². The van der Waals surface area contributed by atoms with Crippen molar-refractivity contribution in [1.29, 1.82) is 0 Å². The first kappa shape index (κ1) is 18.3. The van der Waals surface area contributed by atoms with Gasteiger partial charge in [-0.15, -0.1) is 11.3 Å². The van der Waals surface area contributed by atoms with E-state index in [4.69, 9.17) is 17.3 Å². The van der Waals surface area contributed by atoms with Gasteiger partial charge in [0.2, 0.25) is 0 Å². The second-order valence-corrected chi connectivity index (χ2v) is 7.36. The summed E-state index contributed by atoms with van der Waals surface area (Å²) < 4.78 is 27.2. The Morgan fingerprint density at radius 1 is 1.11 bits per heavy atom. The van der Waals surface area contributed by atoms with Crippen LogP contribution in [-0.4, -0.2) is 10.9 Å². The first-order valence-corrected chi connectivity index (χ1v) is 9.34. The van der Waals surface area contributed by atoms with Crippen LogP contribution in [0.4, 0.5) is 20.2 Å². The minimum Gasteiger partial charge on any atom is -0.397 e. The highest BCUT2D eigenvalue weighted by atomic mass is 35.5. The lowest BCUT2D eigenvalue weighted by molar-refractivity contribution is 0.103. The summed E-state index contributed by atoms with van der Waals surface area (Å²) in [7, 11) is 0. The van der Waals surface area contributed by atoms with Crippen molar-refractivity contribution in [3.05, 3.63) is 76.1 Å². The van der Waals surface area contributed by atoms with Crippen molar-refractivity contribution < 1.29 is 13.6 Å². The SMILES string of the molecule is Nc1c(C(=O)Nc2ccc(F)cc2Cl)sc2nc(-c3ccccc3F)ccc12. The van der Waals surface area contributed by atoms with Crippen LogP contribution in [0.5, 0.6) is 0 Å². The number of nitrogen functional groups attached to an aromatic ring is 1. The second kappa shape index (κ2) is 7.18. The molecule has 1 amide bonds. The van der Waals surface area contributed by atoms with Gasteiger partial charge in [-0.25, -0.2) is 13.8 Å². The molecule has 0 fully saturated rings. The lowest BCUT2D eigenvalue weighted by Gasteiger charge is -2.06. The zero-order valence-electron chi connectivity index (χ0n) is 14.2. The molecule has 0 aliphatic rings. The van der Waals surface area contributed by atoms with Crippen LogP contribution in [0.2, 0.25) is 5.02 Å². The predicted molar refractivity (Wildman–Crippen MR) is 109 cm³/mol. The van der Waals surface area contributed by atoms with Gasteiger partial charge in [-0.1, -0.05) is 23.7 Å². The molecule has 2 aromatic heterocycles. The topological polar surface area (TPSA) is 68.0 Å². The second-order valence-electron chi connectivity index (χ2n) is 5.95. The number of fused-ring (bicyclic) bond motifs is 1. The van der Waals surface area contributed by atoms with E-state index in [-0.39, 0.29) is 27.1 Å². The molecule has 4 nitrogen and oxygen atoms in total.